The van der Waals surface area contributed by atoms with Crippen LogP contribution in [-0.4, -0.2) is 20.2 Å². The molecular weight excluding hydrogens is 406 g/mol. The van der Waals surface area contributed by atoms with Gasteiger partial charge < -0.3 is 15.1 Å². The standard InChI is InChI=1S/C21H21N3O5S/c1-15(25)23-17-9-7-16(8-10-17)12-21(26)24-18-4-2-6-20(13-18)30(27,28)22-14-19-5-3-11-29-19/h2-11,13,22H,12,14H2,1H3,(H,23,25)(H,24,26). The van der Waals surface area contributed by atoms with Gasteiger partial charge in [-0.05, 0) is 48.0 Å². The molecule has 3 aromatic rings. The van der Waals surface area contributed by atoms with Crippen molar-refractivity contribution in [3.8, 4) is 0 Å². The highest BCUT2D eigenvalue weighted by molar-refractivity contribution is 7.89. The van der Waals surface area contributed by atoms with E-state index in [2.05, 4.69) is 15.4 Å². The summed E-state index contributed by atoms with van der Waals surface area (Å²) < 4.78 is 32.5. The summed E-state index contributed by atoms with van der Waals surface area (Å²) in [5.41, 5.74) is 1.77. The molecule has 1 heterocycles. The number of nitrogens with one attached hydrogen (secondary N) is 3. The normalized spacial score (nSPS) is 11.1. The van der Waals surface area contributed by atoms with Crippen LogP contribution in [0.25, 0.3) is 0 Å². The third-order valence-corrected chi connectivity index (χ3v) is 5.48. The van der Waals surface area contributed by atoms with Crippen molar-refractivity contribution in [1.82, 2.24) is 4.72 Å². The Morgan fingerprint density at radius 2 is 1.70 bits per heavy atom. The lowest BCUT2D eigenvalue weighted by Crippen LogP contribution is -2.23. The SMILES string of the molecule is CC(=O)Nc1ccc(CC(=O)Nc2cccc(S(=O)(=O)NCc3ccco3)c2)cc1. The van der Waals surface area contributed by atoms with Crippen LogP contribution in [0.4, 0.5) is 11.4 Å². The number of rotatable bonds is 8. The maximum atomic E-state index is 12.5. The van der Waals surface area contributed by atoms with E-state index in [-0.39, 0.29) is 29.7 Å². The van der Waals surface area contributed by atoms with Crippen molar-refractivity contribution in [3.05, 3.63) is 78.3 Å². The van der Waals surface area contributed by atoms with Crippen molar-refractivity contribution in [2.75, 3.05) is 10.6 Å². The van der Waals surface area contributed by atoms with Crippen LogP contribution in [0, 0.1) is 0 Å². The zero-order valence-electron chi connectivity index (χ0n) is 16.2. The van der Waals surface area contributed by atoms with Crippen molar-refractivity contribution in [3.63, 3.8) is 0 Å². The summed E-state index contributed by atoms with van der Waals surface area (Å²) in [6.07, 6.45) is 1.57. The minimum Gasteiger partial charge on any atom is -0.468 e. The molecular formula is C21H21N3O5S. The third-order valence-electron chi connectivity index (χ3n) is 4.08. The van der Waals surface area contributed by atoms with Gasteiger partial charge in [-0.2, -0.15) is 0 Å². The lowest BCUT2D eigenvalue weighted by Gasteiger charge is -2.09. The van der Waals surface area contributed by atoms with Gasteiger partial charge >= 0.3 is 0 Å². The van der Waals surface area contributed by atoms with Crippen LogP contribution in [0.3, 0.4) is 0 Å². The third kappa shape index (κ3) is 6.03. The lowest BCUT2D eigenvalue weighted by atomic mass is 10.1. The summed E-state index contributed by atoms with van der Waals surface area (Å²) in [6.45, 7) is 1.45. The Hall–Kier alpha value is -3.43. The van der Waals surface area contributed by atoms with Crippen LogP contribution in [-0.2, 0) is 32.6 Å². The van der Waals surface area contributed by atoms with E-state index < -0.39 is 10.0 Å². The molecule has 0 aliphatic rings. The van der Waals surface area contributed by atoms with Gasteiger partial charge in [0.05, 0.1) is 24.1 Å². The van der Waals surface area contributed by atoms with Crippen LogP contribution >= 0.6 is 0 Å². The summed E-state index contributed by atoms with van der Waals surface area (Å²) in [4.78, 5) is 23.4. The highest BCUT2D eigenvalue weighted by atomic mass is 32.2. The average molecular weight is 427 g/mol. The van der Waals surface area contributed by atoms with Crippen LogP contribution in [0.15, 0.2) is 76.2 Å². The summed E-state index contributed by atoms with van der Waals surface area (Å²) in [7, 11) is -3.76. The quantitative estimate of drug-likeness (QED) is 0.511. The minimum absolute atomic E-state index is 0.0282. The Kier molecular flexibility index (Phi) is 6.65. The zero-order valence-corrected chi connectivity index (χ0v) is 17.0. The number of amides is 2. The number of furan rings is 1. The maximum Gasteiger partial charge on any atom is 0.241 e. The van der Waals surface area contributed by atoms with Gasteiger partial charge in [0, 0.05) is 18.3 Å². The molecule has 0 spiro atoms. The molecule has 0 bridgehead atoms. The monoisotopic (exact) mass is 427 g/mol. The molecule has 1 aromatic heterocycles. The average Bonchev–Trinajstić information content (AvgIpc) is 3.21. The lowest BCUT2D eigenvalue weighted by molar-refractivity contribution is -0.116. The highest BCUT2D eigenvalue weighted by Gasteiger charge is 2.15. The number of hydrogen-bond acceptors (Lipinski definition) is 5. The number of carbonyl (C=O) groups excluding carboxylic acids is 2. The predicted octanol–water partition coefficient (Wildman–Crippen LogP) is 2.90. The second-order valence-corrected chi connectivity index (χ2v) is 8.30. The molecule has 0 aliphatic carbocycles. The van der Waals surface area contributed by atoms with Gasteiger partial charge in [-0.15, -0.1) is 0 Å². The number of anilines is 2. The van der Waals surface area contributed by atoms with E-state index in [1.54, 1.807) is 48.5 Å². The Bertz CT molecular complexity index is 1120. The first-order chi connectivity index (χ1) is 14.3. The first-order valence-corrected chi connectivity index (χ1v) is 10.6. The number of carbonyl (C=O) groups is 2. The first-order valence-electron chi connectivity index (χ1n) is 9.10. The number of sulfonamides is 1. The molecule has 2 amide bonds. The smallest absolute Gasteiger partial charge is 0.241 e. The molecule has 0 aliphatic heterocycles. The fourth-order valence-corrected chi connectivity index (χ4v) is 3.74. The molecule has 3 N–H and O–H groups in total. The molecule has 156 valence electrons. The van der Waals surface area contributed by atoms with Crippen molar-refractivity contribution >= 4 is 33.2 Å². The fraction of sp³-hybridized carbons (Fsp3) is 0.143. The number of hydrogen-bond donors (Lipinski definition) is 3. The molecule has 30 heavy (non-hydrogen) atoms. The van der Waals surface area contributed by atoms with Gasteiger partial charge in [-0.3, -0.25) is 9.59 Å². The molecule has 9 heteroatoms. The second kappa shape index (κ2) is 9.38. The van der Waals surface area contributed by atoms with Gasteiger partial charge in [-0.25, -0.2) is 13.1 Å². The van der Waals surface area contributed by atoms with E-state index in [1.165, 1.54) is 25.3 Å². The molecule has 0 unspecified atom stereocenters. The molecule has 0 fully saturated rings. The largest absolute Gasteiger partial charge is 0.468 e. The number of benzene rings is 2. The molecule has 0 saturated heterocycles. The van der Waals surface area contributed by atoms with Crippen molar-refractivity contribution in [1.29, 1.82) is 0 Å². The summed E-state index contributed by atoms with van der Waals surface area (Å²) in [5.74, 6) is 0.0295. The van der Waals surface area contributed by atoms with Crippen LogP contribution in [0.5, 0.6) is 0 Å². The maximum absolute atomic E-state index is 12.5. The van der Waals surface area contributed by atoms with E-state index in [9.17, 15) is 18.0 Å². The van der Waals surface area contributed by atoms with E-state index in [0.29, 0.717) is 17.1 Å². The van der Waals surface area contributed by atoms with Crippen molar-refractivity contribution in [2.24, 2.45) is 0 Å². The molecule has 8 nitrogen and oxygen atoms in total. The Morgan fingerprint density at radius 3 is 2.37 bits per heavy atom. The second-order valence-electron chi connectivity index (χ2n) is 6.53. The van der Waals surface area contributed by atoms with Gasteiger partial charge in [0.25, 0.3) is 0 Å². The summed E-state index contributed by atoms with van der Waals surface area (Å²) in [6, 6.07) is 16.2. The topological polar surface area (TPSA) is 118 Å². The fourth-order valence-electron chi connectivity index (χ4n) is 2.70. The first kappa shape index (κ1) is 21.3. The minimum atomic E-state index is -3.76. The predicted molar refractivity (Wildman–Crippen MR) is 112 cm³/mol. The van der Waals surface area contributed by atoms with Crippen LogP contribution in [0.1, 0.15) is 18.2 Å². The molecule has 0 saturated carbocycles. The van der Waals surface area contributed by atoms with Crippen molar-refractivity contribution in [2.45, 2.75) is 24.8 Å². The summed E-state index contributed by atoms with van der Waals surface area (Å²) in [5, 5.41) is 5.36. The molecule has 0 radical (unpaired) electrons. The highest BCUT2D eigenvalue weighted by Crippen LogP contribution is 2.17. The molecule has 0 atom stereocenters. The zero-order chi connectivity index (χ0) is 21.6. The van der Waals surface area contributed by atoms with Crippen molar-refractivity contribution < 1.29 is 22.4 Å². The van der Waals surface area contributed by atoms with E-state index >= 15 is 0 Å². The van der Waals surface area contributed by atoms with Gasteiger partial charge in [-0.1, -0.05) is 18.2 Å². The Morgan fingerprint density at radius 1 is 0.933 bits per heavy atom. The molecule has 3 rings (SSSR count). The van der Waals surface area contributed by atoms with Gasteiger partial charge in [0.15, 0.2) is 0 Å². The Labute approximate surface area is 174 Å². The molecule has 2 aromatic carbocycles. The van der Waals surface area contributed by atoms with Crippen LogP contribution < -0.4 is 15.4 Å². The van der Waals surface area contributed by atoms with Crippen LogP contribution in [0.2, 0.25) is 0 Å². The van der Waals surface area contributed by atoms with E-state index in [0.717, 1.165) is 5.56 Å². The van der Waals surface area contributed by atoms with Gasteiger partial charge in [0.2, 0.25) is 21.8 Å². The van der Waals surface area contributed by atoms with Gasteiger partial charge in [0.1, 0.15) is 5.76 Å². The Balaban J connectivity index is 1.61. The van der Waals surface area contributed by atoms with E-state index in [4.69, 9.17) is 4.42 Å². The summed E-state index contributed by atoms with van der Waals surface area (Å²) >= 11 is 0. The van der Waals surface area contributed by atoms with E-state index in [1.807, 2.05) is 0 Å².